The Kier molecular flexibility index (Phi) is 3.60. The number of hydrogen-bond acceptors (Lipinski definition) is 6. The average Bonchev–Trinajstić information content (AvgIpc) is 3.23. The van der Waals surface area contributed by atoms with Gasteiger partial charge in [0.1, 0.15) is 24.2 Å². The molecule has 1 amide bonds. The largest absolute Gasteiger partial charge is 0.368 e. The summed E-state index contributed by atoms with van der Waals surface area (Å²) in [6, 6.07) is 0. The summed E-state index contributed by atoms with van der Waals surface area (Å²) in [6.07, 6.45) is 8.73. The fourth-order valence-corrected chi connectivity index (χ4v) is 3.35. The van der Waals surface area contributed by atoms with Crippen molar-refractivity contribution in [2.45, 2.75) is 25.3 Å². The molecule has 124 valence electrons. The number of aromatic nitrogens is 6. The van der Waals surface area contributed by atoms with Gasteiger partial charge in [0.2, 0.25) is 5.91 Å². The molecule has 1 unspecified atom stereocenters. The lowest BCUT2D eigenvalue weighted by atomic mass is 9.97. The van der Waals surface area contributed by atoms with Crippen LogP contribution in [0.15, 0.2) is 25.0 Å². The molecule has 9 nitrogen and oxygen atoms in total. The van der Waals surface area contributed by atoms with Gasteiger partial charge < -0.3 is 20.2 Å². The minimum absolute atomic E-state index is 0.157. The molecule has 1 fully saturated rings. The van der Waals surface area contributed by atoms with Crippen molar-refractivity contribution in [2.75, 3.05) is 18.0 Å². The Balaban J connectivity index is 1.61. The molecule has 4 heterocycles. The third-order valence-corrected chi connectivity index (χ3v) is 4.36. The minimum Gasteiger partial charge on any atom is -0.368 e. The van der Waals surface area contributed by atoms with E-state index in [1.54, 1.807) is 18.7 Å². The van der Waals surface area contributed by atoms with E-state index in [1.165, 1.54) is 6.33 Å². The highest BCUT2D eigenvalue weighted by atomic mass is 16.1. The number of piperidine rings is 1. The van der Waals surface area contributed by atoms with Crippen molar-refractivity contribution in [1.29, 1.82) is 0 Å². The SMILES string of the molecule is NC(=O)Cn1ccnc1C1CCCN(c2ncnc3nc[nH]c23)C1. The number of rotatable bonds is 4. The van der Waals surface area contributed by atoms with Gasteiger partial charge in [-0.2, -0.15) is 0 Å². The van der Waals surface area contributed by atoms with Crippen molar-refractivity contribution >= 4 is 22.9 Å². The molecule has 9 heteroatoms. The van der Waals surface area contributed by atoms with Crippen LogP contribution in [-0.4, -0.2) is 48.5 Å². The predicted molar refractivity (Wildman–Crippen MR) is 87.3 cm³/mol. The lowest BCUT2D eigenvalue weighted by Gasteiger charge is -2.33. The topological polar surface area (TPSA) is 119 Å². The van der Waals surface area contributed by atoms with Crippen molar-refractivity contribution in [1.82, 2.24) is 29.5 Å². The molecule has 1 aliphatic rings. The zero-order valence-corrected chi connectivity index (χ0v) is 13.1. The molecule has 0 saturated carbocycles. The highest BCUT2D eigenvalue weighted by molar-refractivity contribution is 5.82. The van der Waals surface area contributed by atoms with E-state index in [2.05, 4.69) is 29.8 Å². The molecule has 24 heavy (non-hydrogen) atoms. The first-order chi connectivity index (χ1) is 11.7. The van der Waals surface area contributed by atoms with Crippen LogP contribution in [0.4, 0.5) is 5.82 Å². The molecule has 1 aliphatic heterocycles. The first-order valence-electron chi connectivity index (χ1n) is 7.90. The number of imidazole rings is 2. The number of nitrogens with two attached hydrogens (primary N) is 1. The van der Waals surface area contributed by atoms with Gasteiger partial charge in [0.05, 0.1) is 6.33 Å². The Hall–Kier alpha value is -2.97. The molecule has 0 aromatic carbocycles. The Labute approximate surface area is 137 Å². The fourth-order valence-electron chi connectivity index (χ4n) is 3.35. The van der Waals surface area contributed by atoms with E-state index in [4.69, 9.17) is 5.73 Å². The van der Waals surface area contributed by atoms with Gasteiger partial charge in [0.25, 0.3) is 0 Å². The van der Waals surface area contributed by atoms with Crippen molar-refractivity contribution in [3.05, 3.63) is 30.9 Å². The number of H-pyrrole nitrogens is 1. The second kappa shape index (κ2) is 5.91. The maximum atomic E-state index is 11.2. The van der Waals surface area contributed by atoms with Gasteiger partial charge in [-0.15, -0.1) is 0 Å². The van der Waals surface area contributed by atoms with E-state index in [0.717, 1.165) is 43.1 Å². The average molecular weight is 326 g/mol. The fraction of sp³-hybridized carbons (Fsp3) is 0.400. The summed E-state index contributed by atoms with van der Waals surface area (Å²) in [4.78, 5) is 33.8. The number of aromatic amines is 1. The summed E-state index contributed by atoms with van der Waals surface area (Å²) in [5.41, 5.74) is 6.84. The van der Waals surface area contributed by atoms with E-state index < -0.39 is 0 Å². The van der Waals surface area contributed by atoms with Crippen molar-refractivity contribution in [3.63, 3.8) is 0 Å². The standard InChI is InChI=1S/C15H18N8O/c16-11(24)7-23-5-3-17-14(23)10-2-1-4-22(6-10)15-12-13(19-8-18-12)20-9-21-15/h3,5,8-10H,1-2,4,6-7H2,(H2,16,24)(H,18,19,20,21). The number of amides is 1. The van der Waals surface area contributed by atoms with Gasteiger partial charge in [0, 0.05) is 31.4 Å². The van der Waals surface area contributed by atoms with Crippen LogP contribution in [0.1, 0.15) is 24.6 Å². The van der Waals surface area contributed by atoms with Crippen molar-refractivity contribution in [2.24, 2.45) is 5.73 Å². The summed E-state index contributed by atoms with van der Waals surface area (Å²) in [5, 5.41) is 0. The van der Waals surface area contributed by atoms with Crippen LogP contribution in [0.25, 0.3) is 11.2 Å². The van der Waals surface area contributed by atoms with Crippen LogP contribution in [-0.2, 0) is 11.3 Å². The number of anilines is 1. The molecular weight excluding hydrogens is 308 g/mol. The van der Waals surface area contributed by atoms with Gasteiger partial charge in [0.15, 0.2) is 11.5 Å². The predicted octanol–water partition coefficient (Wildman–Crippen LogP) is 0.419. The summed E-state index contributed by atoms with van der Waals surface area (Å²) < 4.78 is 1.84. The van der Waals surface area contributed by atoms with E-state index in [-0.39, 0.29) is 18.4 Å². The third-order valence-electron chi connectivity index (χ3n) is 4.36. The Bertz CT molecular complexity index is 869. The van der Waals surface area contributed by atoms with Crippen LogP contribution in [0, 0.1) is 0 Å². The molecule has 4 rings (SSSR count). The van der Waals surface area contributed by atoms with Crippen LogP contribution in [0.2, 0.25) is 0 Å². The Morgan fingerprint density at radius 3 is 3.12 bits per heavy atom. The maximum absolute atomic E-state index is 11.2. The maximum Gasteiger partial charge on any atom is 0.237 e. The minimum atomic E-state index is -0.364. The first kappa shape index (κ1) is 14.6. The highest BCUT2D eigenvalue weighted by Crippen LogP contribution is 2.30. The monoisotopic (exact) mass is 326 g/mol. The number of nitrogens with zero attached hydrogens (tertiary/aromatic N) is 6. The lowest BCUT2D eigenvalue weighted by Crippen LogP contribution is -2.36. The summed E-state index contributed by atoms with van der Waals surface area (Å²) in [6.45, 7) is 1.85. The number of primary amides is 1. The van der Waals surface area contributed by atoms with Crippen LogP contribution < -0.4 is 10.6 Å². The number of carbonyl (C=O) groups is 1. The van der Waals surface area contributed by atoms with Gasteiger partial charge in [-0.3, -0.25) is 4.79 Å². The molecule has 0 aliphatic carbocycles. The molecular formula is C15H18N8O. The Morgan fingerprint density at radius 2 is 2.25 bits per heavy atom. The number of fused-ring (bicyclic) bond motifs is 1. The number of nitrogens with one attached hydrogen (secondary N) is 1. The van der Waals surface area contributed by atoms with Crippen LogP contribution in [0.5, 0.6) is 0 Å². The van der Waals surface area contributed by atoms with Crippen molar-refractivity contribution < 1.29 is 4.79 Å². The summed E-state index contributed by atoms with van der Waals surface area (Å²) >= 11 is 0. The van der Waals surface area contributed by atoms with E-state index >= 15 is 0 Å². The molecule has 3 N–H and O–H groups in total. The van der Waals surface area contributed by atoms with Crippen molar-refractivity contribution in [3.8, 4) is 0 Å². The van der Waals surface area contributed by atoms with Crippen LogP contribution in [0.3, 0.4) is 0 Å². The van der Waals surface area contributed by atoms with E-state index in [1.807, 2.05) is 4.57 Å². The molecule has 3 aromatic heterocycles. The summed E-state index contributed by atoms with van der Waals surface area (Å²) in [7, 11) is 0. The van der Waals surface area contributed by atoms with Gasteiger partial charge in [-0.1, -0.05) is 0 Å². The quantitative estimate of drug-likeness (QED) is 0.717. The molecule has 1 saturated heterocycles. The Morgan fingerprint density at radius 1 is 1.33 bits per heavy atom. The van der Waals surface area contributed by atoms with Gasteiger partial charge in [-0.05, 0) is 12.8 Å². The molecule has 0 radical (unpaired) electrons. The molecule has 3 aromatic rings. The second-order valence-electron chi connectivity index (χ2n) is 5.96. The smallest absolute Gasteiger partial charge is 0.237 e. The van der Waals surface area contributed by atoms with E-state index in [0.29, 0.717) is 5.65 Å². The lowest BCUT2D eigenvalue weighted by molar-refractivity contribution is -0.118. The first-order valence-corrected chi connectivity index (χ1v) is 7.90. The third kappa shape index (κ3) is 2.57. The zero-order chi connectivity index (χ0) is 16.5. The zero-order valence-electron chi connectivity index (χ0n) is 13.1. The second-order valence-corrected chi connectivity index (χ2v) is 5.96. The molecule has 0 spiro atoms. The summed E-state index contributed by atoms with van der Waals surface area (Å²) in [5.74, 6) is 1.61. The molecule has 1 atom stereocenters. The van der Waals surface area contributed by atoms with E-state index in [9.17, 15) is 4.79 Å². The van der Waals surface area contributed by atoms with Gasteiger partial charge in [-0.25, -0.2) is 19.9 Å². The highest BCUT2D eigenvalue weighted by Gasteiger charge is 2.27. The molecule has 0 bridgehead atoms. The van der Waals surface area contributed by atoms with Crippen LogP contribution >= 0.6 is 0 Å². The number of carbonyl (C=O) groups excluding carboxylic acids is 1. The number of hydrogen-bond donors (Lipinski definition) is 2. The normalized spacial score (nSPS) is 18.2. The van der Waals surface area contributed by atoms with Gasteiger partial charge >= 0.3 is 0 Å².